The highest BCUT2D eigenvalue weighted by molar-refractivity contribution is 5.72. The monoisotopic (exact) mass is 304 g/mol. The first-order valence-electron chi connectivity index (χ1n) is 7.90. The molecule has 0 aliphatic carbocycles. The van der Waals surface area contributed by atoms with Crippen LogP contribution in [0.15, 0.2) is 0 Å². The lowest BCUT2D eigenvalue weighted by molar-refractivity contribution is -0.161. The van der Waals surface area contributed by atoms with Gasteiger partial charge in [0.25, 0.3) is 0 Å². The second-order valence-electron chi connectivity index (χ2n) is 6.11. The molecule has 1 N–H and O–H groups in total. The number of ether oxygens (including phenoxy) is 3. The first-order valence-corrected chi connectivity index (χ1v) is 7.90. The number of hydrogen-bond acceptors (Lipinski definition) is 5. The molecule has 0 saturated carbocycles. The molecule has 0 amide bonds. The Morgan fingerprint density at radius 3 is 2.19 bits per heavy atom. The van der Waals surface area contributed by atoms with E-state index in [1.807, 2.05) is 20.8 Å². The van der Waals surface area contributed by atoms with Gasteiger partial charge in [-0.25, -0.2) is 0 Å². The molecule has 21 heavy (non-hydrogen) atoms. The van der Waals surface area contributed by atoms with Crippen molar-refractivity contribution in [2.45, 2.75) is 59.0 Å². The second-order valence-corrected chi connectivity index (χ2v) is 6.11. The lowest BCUT2D eigenvalue weighted by atomic mass is 9.98. The van der Waals surface area contributed by atoms with Crippen LogP contribution in [0.2, 0.25) is 0 Å². The fourth-order valence-corrected chi connectivity index (χ4v) is 1.83. The van der Waals surface area contributed by atoms with Crippen molar-refractivity contribution < 1.29 is 24.1 Å². The van der Waals surface area contributed by atoms with Crippen LogP contribution in [0.1, 0.15) is 53.4 Å². The van der Waals surface area contributed by atoms with Crippen LogP contribution in [0.4, 0.5) is 0 Å². The SMILES string of the molecule is CCCCC(CCOCCOCCO)C(=O)OC(C)(C)C. The van der Waals surface area contributed by atoms with Crippen LogP contribution in [-0.2, 0) is 19.0 Å². The highest BCUT2D eigenvalue weighted by Crippen LogP contribution is 2.19. The van der Waals surface area contributed by atoms with E-state index >= 15 is 0 Å². The summed E-state index contributed by atoms with van der Waals surface area (Å²) in [5.41, 5.74) is -0.444. The van der Waals surface area contributed by atoms with Gasteiger partial charge in [-0.05, 0) is 33.6 Å². The molecule has 0 rings (SSSR count). The van der Waals surface area contributed by atoms with Gasteiger partial charge >= 0.3 is 5.97 Å². The van der Waals surface area contributed by atoms with E-state index in [1.165, 1.54) is 0 Å². The predicted octanol–water partition coefficient (Wildman–Crippen LogP) is 2.55. The van der Waals surface area contributed by atoms with Crippen molar-refractivity contribution >= 4 is 5.97 Å². The van der Waals surface area contributed by atoms with Crippen molar-refractivity contribution in [1.82, 2.24) is 0 Å². The summed E-state index contributed by atoms with van der Waals surface area (Å²) in [4.78, 5) is 12.1. The van der Waals surface area contributed by atoms with E-state index in [4.69, 9.17) is 19.3 Å². The Morgan fingerprint density at radius 2 is 1.67 bits per heavy atom. The van der Waals surface area contributed by atoms with Gasteiger partial charge in [0.15, 0.2) is 0 Å². The van der Waals surface area contributed by atoms with E-state index < -0.39 is 5.60 Å². The molecular formula is C16H32O5. The van der Waals surface area contributed by atoms with Crippen molar-refractivity contribution in [3.05, 3.63) is 0 Å². The minimum Gasteiger partial charge on any atom is -0.460 e. The molecule has 0 fully saturated rings. The van der Waals surface area contributed by atoms with Gasteiger partial charge in [-0.3, -0.25) is 4.79 Å². The quantitative estimate of drug-likeness (QED) is 0.443. The van der Waals surface area contributed by atoms with Gasteiger partial charge in [0.2, 0.25) is 0 Å². The summed E-state index contributed by atoms with van der Waals surface area (Å²) in [7, 11) is 0. The molecule has 0 bridgehead atoms. The van der Waals surface area contributed by atoms with Gasteiger partial charge in [0.1, 0.15) is 5.60 Å². The van der Waals surface area contributed by atoms with Crippen LogP contribution in [-0.4, -0.2) is 49.7 Å². The second kappa shape index (κ2) is 12.0. The van der Waals surface area contributed by atoms with Crippen LogP contribution in [0, 0.1) is 5.92 Å². The number of aliphatic hydroxyl groups excluding tert-OH is 1. The van der Waals surface area contributed by atoms with E-state index in [9.17, 15) is 4.79 Å². The molecule has 5 nitrogen and oxygen atoms in total. The Kier molecular flexibility index (Phi) is 11.6. The number of carbonyl (C=O) groups is 1. The van der Waals surface area contributed by atoms with Crippen LogP contribution in [0.3, 0.4) is 0 Å². The molecule has 0 aromatic rings. The summed E-state index contributed by atoms with van der Waals surface area (Å²) in [5, 5.41) is 8.56. The molecule has 0 saturated heterocycles. The summed E-state index contributed by atoms with van der Waals surface area (Å²) in [6.07, 6.45) is 3.60. The third-order valence-electron chi connectivity index (χ3n) is 2.86. The highest BCUT2D eigenvalue weighted by Gasteiger charge is 2.24. The average molecular weight is 304 g/mol. The number of rotatable bonds is 12. The van der Waals surface area contributed by atoms with Crippen LogP contribution < -0.4 is 0 Å². The zero-order valence-electron chi connectivity index (χ0n) is 14.0. The maximum atomic E-state index is 12.1. The summed E-state index contributed by atoms with van der Waals surface area (Å²) in [6, 6.07) is 0. The third kappa shape index (κ3) is 12.8. The number of aliphatic hydroxyl groups is 1. The molecule has 0 aromatic heterocycles. The highest BCUT2D eigenvalue weighted by atomic mass is 16.6. The van der Waals surface area contributed by atoms with E-state index in [0.717, 1.165) is 19.3 Å². The number of carbonyl (C=O) groups excluding carboxylic acids is 1. The Morgan fingerprint density at radius 1 is 1.05 bits per heavy atom. The first-order chi connectivity index (χ1) is 9.90. The largest absolute Gasteiger partial charge is 0.460 e. The lowest BCUT2D eigenvalue weighted by Gasteiger charge is -2.24. The standard InChI is InChI=1S/C16H32O5/c1-5-6-7-14(15(18)21-16(2,3)4)8-10-19-12-13-20-11-9-17/h14,17H,5-13H2,1-4H3. The van der Waals surface area contributed by atoms with Crippen molar-refractivity contribution in [2.24, 2.45) is 5.92 Å². The molecule has 0 radical (unpaired) electrons. The molecule has 1 unspecified atom stereocenters. The topological polar surface area (TPSA) is 65.0 Å². The van der Waals surface area contributed by atoms with Gasteiger partial charge in [0, 0.05) is 6.61 Å². The third-order valence-corrected chi connectivity index (χ3v) is 2.86. The van der Waals surface area contributed by atoms with Gasteiger partial charge < -0.3 is 19.3 Å². The van der Waals surface area contributed by atoms with E-state index in [-0.39, 0.29) is 18.5 Å². The molecule has 1 atom stereocenters. The fourth-order valence-electron chi connectivity index (χ4n) is 1.83. The molecule has 0 heterocycles. The molecule has 0 aliphatic heterocycles. The molecule has 0 aliphatic rings. The Hall–Kier alpha value is -0.650. The summed E-state index contributed by atoms with van der Waals surface area (Å²) < 4.78 is 16.0. The van der Waals surface area contributed by atoms with E-state index in [1.54, 1.807) is 0 Å². The molecule has 5 heteroatoms. The van der Waals surface area contributed by atoms with Gasteiger partial charge in [0.05, 0.1) is 32.3 Å². The Bertz CT molecular complexity index is 260. The number of esters is 1. The van der Waals surface area contributed by atoms with Crippen molar-refractivity contribution in [3.63, 3.8) is 0 Å². The summed E-state index contributed by atoms with van der Waals surface area (Å²) in [6.45, 7) is 9.60. The van der Waals surface area contributed by atoms with Crippen LogP contribution >= 0.6 is 0 Å². The normalized spacial score (nSPS) is 13.2. The van der Waals surface area contributed by atoms with Crippen LogP contribution in [0.25, 0.3) is 0 Å². The molecular weight excluding hydrogens is 272 g/mol. The summed E-state index contributed by atoms with van der Waals surface area (Å²) >= 11 is 0. The minimum atomic E-state index is -0.444. The van der Waals surface area contributed by atoms with E-state index in [0.29, 0.717) is 32.8 Å². The minimum absolute atomic E-state index is 0.0255. The average Bonchev–Trinajstić information content (AvgIpc) is 2.39. The fraction of sp³-hybridized carbons (Fsp3) is 0.938. The maximum Gasteiger partial charge on any atom is 0.309 e. The van der Waals surface area contributed by atoms with E-state index in [2.05, 4.69) is 6.92 Å². The maximum absolute atomic E-state index is 12.1. The Labute approximate surface area is 129 Å². The molecule has 0 aromatic carbocycles. The zero-order chi connectivity index (χ0) is 16.1. The molecule has 0 spiro atoms. The molecule has 126 valence electrons. The van der Waals surface area contributed by atoms with Crippen molar-refractivity contribution in [2.75, 3.05) is 33.0 Å². The van der Waals surface area contributed by atoms with Gasteiger partial charge in [-0.15, -0.1) is 0 Å². The lowest BCUT2D eigenvalue weighted by Crippen LogP contribution is -2.29. The Balaban J connectivity index is 3.98. The zero-order valence-corrected chi connectivity index (χ0v) is 14.0. The number of hydrogen-bond donors (Lipinski definition) is 1. The predicted molar refractivity (Wildman–Crippen MR) is 82.2 cm³/mol. The number of unbranched alkanes of at least 4 members (excludes halogenated alkanes) is 1. The first kappa shape index (κ1) is 20.3. The van der Waals surface area contributed by atoms with Gasteiger partial charge in [-0.1, -0.05) is 19.8 Å². The summed E-state index contributed by atoms with van der Waals surface area (Å²) in [5.74, 6) is -0.224. The van der Waals surface area contributed by atoms with Crippen LogP contribution in [0.5, 0.6) is 0 Å². The van der Waals surface area contributed by atoms with Gasteiger partial charge in [-0.2, -0.15) is 0 Å². The van der Waals surface area contributed by atoms with Crippen molar-refractivity contribution in [3.8, 4) is 0 Å². The smallest absolute Gasteiger partial charge is 0.309 e. The van der Waals surface area contributed by atoms with Crippen molar-refractivity contribution in [1.29, 1.82) is 0 Å².